The lowest BCUT2D eigenvalue weighted by molar-refractivity contribution is 0.579. The average Bonchev–Trinajstić information content (AvgIpc) is 2.89. The highest BCUT2D eigenvalue weighted by Crippen LogP contribution is 2.11. The first-order valence-electron chi connectivity index (χ1n) is 6.28. The van der Waals surface area contributed by atoms with Gasteiger partial charge in [-0.15, -0.1) is 0 Å². The van der Waals surface area contributed by atoms with Gasteiger partial charge in [0.1, 0.15) is 0 Å². The van der Waals surface area contributed by atoms with Gasteiger partial charge < -0.3 is 5.73 Å². The van der Waals surface area contributed by atoms with Gasteiger partial charge in [0.25, 0.3) is 0 Å². The minimum absolute atomic E-state index is 0.141. The van der Waals surface area contributed by atoms with Crippen molar-refractivity contribution in [3.63, 3.8) is 0 Å². The number of hydrogen-bond donors (Lipinski definition) is 2. The normalized spacial score (nSPS) is 11.0. The van der Waals surface area contributed by atoms with E-state index in [9.17, 15) is 8.42 Å². The third kappa shape index (κ3) is 4.16. The summed E-state index contributed by atoms with van der Waals surface area (Å²) in [5.74, 6) is 5.50. The topological polar surface area (TPSA) is 90.0 Å². The lowest BCUT2D eigenvalue weighted by atomic mass is 10.2. The van der Waals surface area contributed by atoms with E-state index in [1.807, 2.05) is 0 Å². The molecule has 0 amide bonds. The molecule has 7 heteroatoms. The largest absolute Gasteiger partial charge is 0.320 e. The molecule has 2 rings (SSSR count). The Balaban J connectivity index is 2.15. The second-order valence-corrected chi connectivity index (χ2v) is 6.11. The molecule has 0 bridgehead atoms. The van der Waals surface area contributed by atoms with Gasteiger partial charge in [-0.25, -0.2) is 13.1 Å². The molecular weight excluding hydrogens is 288 g/mol. The smallest absolute Gasteiger partial charge is 0.240 e. The first kappa shape index (κ1) is 15.3. The maximum atomic E-state index is 12.2. The van der Waals surface area contributed by atoms with E-state index in [4.69, 9.17) is 5.73 Å². The van der Waals surface area contributed by atoms with Gasteiger partial charge in [-0.1, -0.05) is 17.9 Å². The summed E-state index contributed by atoms with van der Waals surface area (Å²) in [6, 6.07) is 8.18. The molecule has 1 aromatic carbocycles. The van der Waals surface area contributed by atoms with E-state index in [0.29, 0.717) is 11.3 Å². The molecule has 0 aliphatic heterocycles. The number of nitrogens with two attached hydrogens (primary N) is 1. The third-order valence-corrected chi connectivity index (χ3v) is 4.09. The fourth-order valence-corrected chi connectivity index (χ4v) is 2.75. The molecule has 1 heterocycles. The predicted octanol–water partition coefficient (Wildman–Crippen LogP) is 0.209. The van der Waals surface area contributed by atoms with Crippen molar-refractivity contribution in [2.45, 2.75) is 11.4 Å². The molecule has 0 fully saturated rings. The van der Waals surface area contributed by atoms with E-state index >= 15 is 0 Å². The molecule has 110 valence electrons. The third-order valence-electron chi connectivity index (χ3n) is 2.69. The van der Waals surface area contributed by atoms with Crippen molar-refractivity contribution in [3.05, 3.63) is 47.8 Å². The molecule has 21 heavy (non-hydrogen) atoms. The Hall–Kier alpha value is -2.14. The van der Waals surface area contributed by atoms with Crippen LogP contribution in [0.4, 0.5) is 0 Å². The van der Waals surface area contributed by atoms with Gasteiger partial charge in [0.15, 0.2) is 0 Å². The molecule has 3 N–H and O–H groups in total. The van der Waals surface area contributed by atoms with Gasteiger partial charge >= 0.3 is 0 Å². The fourth-order valence-electron chi connectivity index (χ4n) is 1.70. The standard InChI is InChI=1S/C14H16N4O2S/c1-18-9-7-13(17-18)11-16-21(19,20)14-6-2-4-12(10-14)5-3-8-15/h2,4,6-7,9-10,16H,8,11,15H2,1H3. The summed E-state index contributed by atoms with van der Waals surface area (Å²) in [7, 11) is -1.82. The van der Waals surface area contributed by atoms with Gasteiger partial charge in [0, 0.05) is 18.8 Å². The zero-order valence-corrected chi connectivity index (χ0v) is 12.4. The first-order valence-corrected chi connectivity index (χ1v) is 7.77. The first-order chi connectivity index (χ1) is 10.0. The van der Waals surface area contributed by atoms with Crippen molar-refractivity contribution < 1.29 is 8.42 Å². The summed E-state index contributed by atoms with van der Waals surface area (Å²) < 4.78 is 28.6. The van der Waals surface area contributed by atoms with E-state index in [1.165, 1.54) is 12.1 Å². The summed E-state index contributed by atoms with van der Waals surface area (Å²) in [5, 5.41) is 4.12. The number of hydrogen-bond acceptors (Lipinski definition) is 4. The highest BCUT2D eigenvalue weighted by molar-refractivity contribution is 7.89. The van der Waals surface area contributed by atoms with Gasteiger partial charge in [0.05, 0.1) is 23.7 Å². The Labute approximate surface area is 124 Å². The molecule has 0 aliphatic rings. The van der Waals surface area contributed by atoms with E-state index < -0.39 is 10.0 Å². The van der Waals surface area contributed by atoms with Crippen LogP contribution in [0.3, 0.4) is 0 Å². The molecule has 0 saturated carbocycles. The summed E-state index contributed by atoms with van der Waals surface area (Å²) in [4.78, 5) is 0.169. The molecule has 0 spiro atoms. The SMILES string of the molecule is Cn1ccc(CNS(=O)(=O)c2cccc(C#CCN)c2)n1. The monoisotopic (exact) mass is 304 g/mol. The number of benzene rings is 1. The van der Waals surface area contributed by atoms with Crippen molar-refractivity contribution in [2.75, 3.05) is 6.54 Å². The minimum Gasteiger partial charge on any atom is -0.320 e. The zero-order chi connectivity index (χ0) is 15.3. The molecule has 2 aromatic rings. The molecule has 0 radical (unpaired) electrons. The van der Waals surface area contributed by atoms with Crippen molar-refractivity contribution in [1.82, 2.24) is 14.5 Å². The number of nitrogens with zero attached hydrogens (tertiary/aromatic N) is 2. The molecule has 0 atom stereocenters. The second-order valence-electron chi connectivity index (χ2n) is 4.34. The molecule has 0 saturated heterocycles. The van der Waals surface area contributed by atoms with Crippen LogP contribution in [0, 0.1) is 11.8 Å². The lowest BCUT2D eigenvalue weighted by Gasteiger charge is -2.05. The average molecular weight is 304 g/mol. The highest BCUT2D eigenvalue weighted by atomic mass is 32.2. The van der Waals surface area contributed by atoms with Crippen molar-refractivity contribution in [1.29, 1.82) is 0 Å². The highest BCUT2D eigenvalue weighted by Gasteiger charge is 2.14. The number of rotatable bonds is 4. The van der Waals surface area contributed by atoms with Crippen LogP contribution in [0.5, 0.6) is 0 Å². The minimum atomic E-state index is -3.60. The van der Waals surface area contributed by atoms with Crippen LogP contribution in [0.2, 0.25) is 0 Å². The number of nitrogens with one attached hydrogen (secondary N) is 1. The van der Waals surface area contributed by atoms with Crippen LogP contribution in [0.15, 0.2) is 41.4 Å². The fraction of sp³-hybridized carbons (Fsp3) is 0.214. The van der Waals surface area contributed by atoms with E-state index in [0.717, 1.165) is 0 Å². The molecule has 1 aromatic heterocycles. The van der Waals surface area contributed by atoms with Crippen molar-refractivity contribution in [3.8, 4) is 11.8 Å². The summed E-state index contributed by atoms with van der Waals surface area (Å²) in [6.45, 7) is 0.372. The Kier molecular flexibility index (Phi) is 4.75. The summed E-state index contributed by atoms with van der Waals surface area (Å²) in [5.41, 5.74) is 6.57. The maximum absolute atomic E-state index is 12.2. The Morgan fingerprint density at radius 2 is 2.19 bits per heavy atom. The van der Waals surface area contributed by atoms with Crippen molar-refractivity contribution >= 4 is 10.0 Å². The van der Waals surface area contributed by atoms with E-state index in [2.05, 4.69) is 21.7 Å². The van der Waals surface area contributed by atoms with Gasteiger partial charge in [-0.3, -0.25) is 4.68 Å². The number of aromatic nitrogens is 2. The van der Waals surface area contributed by atoms with E-state index in [1.54, 1.807) is 36.1 Å². The summed E-state index contributed by atoms with van der Waals surface area (Å²) >= 11 is 0. The van der Waals surface area contributed by atoms with Crippen LogP contribution in [-0.4, -0.2) is 24.7 Å². The summed E-state index contributed by atoms with van der Waals surface area (Å²) in [6.07, 6.45) is 1.76. The van der Waals surface area contributed by atoms with Crippen LogP contribution in [0.1, 0.15) is 11.3 Å². The Morgan fingerprint density at radius 1 is 1.38 bits per heavy atom. The lowest BCUT2D eigenvalue weighted by Crippen LogP contribution is -2.23. The van der Waals surface area contributed by atoms with Crippen LogP contribution < -0.4 is 10.5 Å². The Bertz CT molecular complexity index is 785. The Morgan fingerprint density at radius 3 is 2.86 bits per heavy atom. The molecule has 0 unspecified atom stereocenters. The number of sulfonamides is 1. The van der Waals surface area contributed by atoms with E-state index in [-0.39, 0.29) is 18.0 Å². The van der Waals surface area contributed by atoms with Gasteiger partial charge in [-0.05, 0) is 24.3 Å². The zero-order valence-electron chi connectivity index (χ0n) is 11.6. The molecular formula is C14H16N4O2S. The number of aryl methyl sites for hydroxylation is 1. The maximum Gasteiger partial charge on any atom is 0.240 e. The van der Waals surface area contributed by atoms with Gasteiger partial charge in [-0.2, -0.15) is 5.10 Å². The van der Waals surface area contributed by atoms with Crippen LogP contribution in [0.25, 0.3) is 0 Å². The van der Waals surface area contributed by atoms with Gasteiger partial charge in [0.2, 0.25) is 10.0 Å². The second kappa shape index (κ2) is 6.54. The predicted molar refractivity (Wildman–Crippen MR) is 79.6 cm³/mol. The van der Waals surface area contributed by atoms with Crippen LogP contribution in [-0.2, 0) is 23.6 Å². The van der Waals surface area contributed by atoms with Crippen LogP contribution >= 0.6 is 0 Å². The molecule has 6 nitrogen and oxygen atoms in total. The van der Waals surface area contributed by atoms with Crippen molar-refractivity contribution in [2.24, 2.45) is 12.8 Å². The quantitative estimate of drug-likeness (QED) is 0.790. The molecule has 0 aliphatic carbocycles.